The highest BCUT2D eigenvalue weighted by molar-refractivity contribution is 7.71. The lowest BCUT2D eigenvalue weighted by atomic mass is 9.95. The van der Waals surface area contributed by atoms with Crippen molar-refractivity contribution < 1.29 is 13.2 Å². The molecule has 2 aromatic rings. The molecule has 3 nitrogen and oxygen atoms in total. The van der Waals surface area contributed by atoms with Crippen LogP contribution in [-0.2, 0) is 26.4 Å². The third kappa shape index (κ3) is 2.91. The highest BCUT2D eigenvalue weighted by atomic mass is 32.1. The lowest BCUT2D eigenvalue weighted by molar-refractivity contribution is 0.340. The van der Waals surface area contributed by atoms with Gasteiger partial charge in [0.1, 0.15) is 5.82 Å². The normalized spacial score (nSPS) is 20.1. The molecule has 0 bridgehead atoms. The smallest absolute Gasteiger partial charge is 0.179 e. The van der Waals surface area contributed by atoms with Gasteiger partial charge in [0.25, 0.3) is 0 Å². The number of hydrogen-bond donors (Lipinski definition) is 0. The van der Waals surface area contributed by atoms with Gasteiger partial charge in [0, 0.05) is 49.4 Å². The van der Waals surface area contributed by atoms with Crippen molar-refractivity contribution in [2.45, 2.75) is 38.1 Å². The molecule has 1 saturated heterocycles. The van der Waals surface area contributed by atoms with Crippen molar-refractivity contribution in [2.24, 2.45) is 7.05 Å². The molecule has 2 aliphatic heterocycles. The Bertz CT molecular complexity index is 896. The van der Waals surface area contributed by atoms with Crippen LogP contribution in [0.3, 0.4) is 0 Å². The second-order valence-corrected chi connectivity index (χ2v) is 7.67. The molecule has 140 valence electrons. The Morgan fingerprint density at radius 2 is 1.81 bits per heavy atom. The summed E-state index contributed by atoms with van der Waals surface area (Å²) in [4.78, 5) is 2.44. The average molecular weight is 381 g/mol. The monoisotopic (exact) mass is 381 g/mol. The SMILES string of the molecule is Cn1c(CCN2CCCC2)c2n(c1=S)CC(c1c(F)ccc(F)c1F)C2. The number of likely N-dealkylation sites (tertiary alicyclic amines) is 1. The van der Waals surface area contributed by atoms with Crippen LogP contribution in [0.2, 0.25) is 0 Å². The van der Waals surface area contributed by atoms with Gasteiger partial charge in [0.05, 0.1) is 0 Å². The fraction of sp³-hybridized carbons (Fsp3) is 0.526. The number of imidazole rings is 1. The molecule has 26 heavy (non-hydrogen) atoms. The zero-order chi connectivity index (χ0) is 18.4. The molecule has 0 radical (unpaired) electrons. The number of hydrogen-bond acceptors (Lipinski definition) is 2. The fourth-order valence-corrected chi connectivity index (χ4v) is 4.68. The van der Waals surface area contributed by atoms with Crippen LogP contribution in [0.1, 0.15) is 35.7 Å². The van der Waals surface area contributed by atoms with E-state index in [1.54, 1.807) is 0 Å². The highest BCUT2D eigenvalue weighted by Crippen LogP contribution is 2.36. The van der Waals surface area contributed by atoms with Crippen LogP contribution >= 0.6 is 12.2 Å². The molecule has 7 heteroatoms. The molecular formula is C19H22F3N3S. The maximum Gasteiger partial charge on any atom is 0.179 e. The molecule has 1 aromatic heterocycles. The topological polar surface area (TPSA) is 13.1 Å². The quantitative estimate of drug-likeness (QED) is 0.588. The Balaban J connectivity index is 1.62. The van der Waals surface area contributed by atoms with E-state index in [0.29, 0.717) is 17.7 Å². The third-order valence-corrected chi connectivity index (χ3v) is 6.27. The second kappa shape index (κ2) is 6.85. The molecule has 4 rings (SSSR count). The predicted octanol–water partition coefficient (Wildman–Crippen LogP) is 3.95. The molecule has 0 N–H and O–H groups in total. The van der Waals surface area contributed by atoms with Crippen molar-refractivity contribution in [3.05, 3.63) is 51.3 Å². The number of aromatic nitrogens is 2. The van der Waals surface area contributed by atoms with Crippen LogP contribution in [0.4, 0.5) is 13.2 Å². The fourth-order valence-electron chi connectivity index (χ4n) is 4.39. The predicted molar refractivity (Wildman–Crippen MR) is 96.4 cm³/mol. The number of fused-ring (bicyclic) bond motifs is 1. The average Bonchev–Trinajstić information content (AvgIpc) is 3.32. The summed E-state index contributed by atoms with van der Waals surface area (Å²) in [5, 5.41) is 0. The minimum atomic E-state index is -1.07. The van der Waals surface area contributed by atoms with Gasteiger partial charge in [-0.1, -0.05) is 0 Å². The van der Waals surface area contributed by atoms with Gasteiger partial charge in [-0.2, -0.15) is 0 Å². The first-order chi connectivity index (χ1) is 12.5. The largest absolute Gasteiger partial charge is 0.324 e. The van der Waals surface area contributed by atoms with Crippen molar-refractivity contribution in [3.63, 3.8) is 0 Å². The van der Waals surface area contributed by atoms with Crippen molar-refractivity contribution in [2.75, 3.05) is 19.6 Å². The molecule has 1 aromatic carbocycles. The van der Waals surface area contributed by atoms with Gasteiger partial charge in [-0.3, -0.25) is 0 Å². The molecule has 0 saturated carbocycles. The van der Waals surface area contributed by atoms with E-state index < -0.39 is 23.4 Å². The van der Waals surface area contributed by atoms with Gasteiger partial charge in [-0.05, 0) is 56.7 Å². The van der Waals surface area contributed by atoms with Crippen LogP contribution in [0.25, 0.3) is 0 Å². The minimum absolute atomic E-state index is 0.156. The van der Waals surface area contributed by atoms with E-state index in [-0.39, 0.29) is 5.56 Å². The van der Waals surface area contributed by atoms with Gasteiger partial charge < -0.3 is 14.0 Å². The number of halogens is 3. The standard InChI is InChI=1S/C19H22F3N3S/c1-23-15(6-9-24-7-2-3-8-24)16-10-12(11-25(16)19(23)26)17-13(20)4-5-14(21)18(17)22/h4-5,12H,2-3,6-11H2,1H3. The van der Waals surface area contributed by atoms with E-state index >= 15 is 0 Å². The zero-order valence-electron chi connectivity index (χ0n) is 14.8. The Morgan fingerprint density at radius 1 is 1.12 bits per heavy atom. The molecule has 0 spiro atoms. The maximum atomic E-state index is 14.2. The van der Waals surface area contributed by atoms with E-state index in [1.165, 1.54) is 12.8 Å². The maximum absolute atomic E-state index is 14.2. The first-order valence-electron chi connectivity index (χ1n) is 9.10. The van der Waals surface area contributed by atoms with E-state index in [9.17, 15) is 13.2 Å². The number of rotatable bonds is 4. The van der Waals surface area contributed by atoms with Crippen LogP contribution in [0, 0.1) is 22.2 Å². The molecule has 1 fully saturated rings. The number of nitrogens with zero attached hydrogens (tertiary/aromatic N) is 3. The van der Waals surface area contributed by atoms with Gasteiger partial charge in [-0.25, -0.2) is 13.2 Å². The van der Waals surface area contributed by atoms with Gasteiger partial charge in [0.15, 0.2) is 16.4 Å². The third-order valence-electron chi connectivity index (χ3n) is 5.78. The van der Waals surface area contributed by atoms with Crippen molar-refractivity contribution in [1.29, 1.82) is 0 Å². The summed E-state index contributed by atoms with van der Waals surface area (Å²) in [5.74, 6) is -3.19. The summed E-state index contributed by atoms with van der Waals surface area (Å²) in [6.45, 7) is 3.61. The van der Waals surface area contributed by atoms with Crippen LogP contribution < -0.4 is 0 Å². The van der Waals surface area contributed by atoms with E-state index in [1.807, 2.05) is 16.2 Å². The summed E-state index contributed by atoms with van der Waals surface area (Å²) < 4.78 is 46.6. The van der Waals surface area contributed by atoms with E-state index in [2.05, 4.69) is 4.90 Å². The van der Waals surface area contributed by atoms with Crippen LogP contribution in [-0.4, -0.2) is 33.7 Å². The Kier molecular flexibility index (Phi) is 4.69. The summed E-state index contributed by atoms with van der Waals surface area (Å²) in [6.07, 6.45) is 3.83. The summed E-state index contributed by atoms with van der Waals surface area (Å²) in [7, 11) is 1.95. The van der Waals surface area contributed by atoms with Gasteiger partial charge in [-0.15, -0.1) is 0 Å². The molecule has 0 amide bonds. The van der Waals surface area contributed by atoms with E-state index in [4.69, 9.17) is 12.2 Å². The first-order valence-corrected chi connectivity index (χ1v) is 9.51. The summed E-state index contributed by atoms with van der Waals surface area (Å²) in [5.41, 5.74) is 2.00. The Hall–Kier alpha value is -1.60. The molecule has 2 aliphatic rings. The van der Waals surface area contributed by atoms with Gasteiger partial charge >= 0.3 is 0 Å². The van der Waals surface area contributed by atoms with Gasteiger partial charge in [0.2, 0.25) is 0 Å². The Morgan fingerprint density at radius 3 is 2.54 bits per heavy atom. The molecular weight excluding hydrogens is 359 g/mol. The van der Waals surface area contributed by atoms with Crippen molar-refractivity contribution >= 4 is 12.2 Å². The summed E-state index contributed by atoms with van der Waals surface area (Å²) >= 11 is 5.53. The molecule has 1 unspecified atom stereocenters. The second-order valence-electron chi connectivity index (χ2n) is 7.30. The highest BCUT2D eigenvalue weighted by Gasteiger charge is 2.32. The van der Waals surface area contributed by atoms with Crippen molar-refractivity contribution in [3.8, 4) is 0 Å². The van der Waals surface area contributed by atoms with E-state index in [0.717, 1.165) is 49.6 Å². The molecule has 3 heterocycles. The minimum Gasteiger partial charge on any atom is -0.324 e. The molecule has 0 aliphatic carbocycles. The van der Waals surface area contributed by atoms with Crippen molar-refractivity contribution in [1.82, 2.24) is 14.0 Å². The van der Waals surface area contributed by atoms with Crippen LogP contribution in [0.15, 0.2) is 12.1 Å². The van der Waals surface area contributed by atoms with Crippen LogP contribution in [0.5, 0.6) is 0 Å². The zero-order valence-corrected chi connectivity index (χ0v) is 15.6. The first kappa shape index (κ1) is 17.8. The number of benzene rings is 1. The Labute approximate surface area is 156 Å². The lowest BCUT2D eigenvalue weighted by Gasteiger charge is -2.16. The summed E-state index contributed by atoms with van der Waals surface area (Å²) in [6, 6.07) is 1.84. The lowest BCUT2D eigenvalue weighted by Crippen LogP contribution is -2.23. The molecule has 1 atom stereocenters.